The molecule has 0 fully saturated rings. The molecule has 0 atom stereocenters. The standard InChI is InChI=1S/C15H11ClN4O3/c1-8(21)14-11-4-9(10-5-17-15(16)18-6-10)2-3-12(11)20(19-14)7-13(22)23/h2-6H,7H2,1H3,(H,22,23). The monoisotopic (exact) mass is 330 g/mol. The van der Waals surface area contributed by atoms with Crippen molar-refractivity contribution in [1.82, 2.24) is 19.7 Å². The molecule has 7 nitrogen and oxygen atoms in total. The van der Waals surface area contributed by atoms with Crippen LogP contribution in [0.2, 0.25) is 5.28 Å². The van der Waals surface area contributed by atoms with Gasteiger partial charge < -0.3 is 5.11 Å². The highest BCUT2D eigenvalue weighted by Crippen LogP contribution is 2.26. The van der Waals surface area contributed by atoms with E-state index in [1.54, 1.807) is 30.6 Å². The lowest BCUT2D eigenvalue weighted by Crippen LogP contribution is -2.10. The molecule has 0 amide bonds. The molecule has 0 radical (unpaired) electrons. The van der Waals surface area contributed by atoms with E-state index in [1.165, 1.54) is 11.6 Å². The number of halogens is 1. The Morgan fingerprint density at radius 2 is 1.91 bits per heavy atom. The van der Waals surface area contributed by atoms with Gasteiger partial charge in [-0.25, -0.2) is 9.97 Å². The predicted molar refractivity (Wildman–Crippen MR) is 83.4 cm³/mol. The number of hydrogen-bond acceptors (Lipinski definition) is 5. The summed E-state index contributed by atoms with van der Waals surface area (Å²) in [6, 6.07) is 5.28. The first-order valence-corrected chi connectivity index (χ1v) is 7.04. The summed E-state index contributed by atoms with van der Waals surface area (Å²) in [5, 5.41) is 13.8. The first-order valence-electron chi connectivity index (χ1n) is 6.67. The van der Waals surface area contributed by atoms with E-state index in [2.05, 4.69) is 15.1 Å². The number of Topliss-reactive ketones (excluding diaryl/α,β-unsaturated/α-hetero) is 1. The van der Waals surface area contributed by atoms with Gasteiger partial charge in [-0.2, -0.15) is 5.10 Å². The van der Waals surface area contributed by atoms with E-state index in [-0.39, 0.29) is 23.3 Å². The lowest BCUT2D eigenvalue weighted by atomic mass is 10.0. The fourth-order valence-electron chi connectivity index (χ4n) is 2.33. The van der Waals surface area contributed by atoms with Crippen LogP contribution in [0.3, 0.4) is 0 Å². The van der Waals surface area contributed by atoms with Gasteiger partial charge >= 0.3 is 5.97 Å². The summed E-state index contributed by atoms with van der Waals surface area (Å²) in [7, 11) is 0. The van der Waals surface area contributed by atoms with Crippen LogP contribution in [0.1, 0.15) is 17.4 Å². The van der Waals surface area contributed by atoms with Crippen LogP contribution in [0.4, 0.5) is 0 Å². The summed E-state index contributed by atoms with van der Waals surface area (Å²) in [6.07, 6.45) is 3.15. The van der Waals surface area contributed by atoms with Crippen LogP contribution < -0.4 is 0 Å². The Balaban J connectivity index is 2.18. The van der Waals surface area contributed by atoms with E-state index in [1.807, 2.05) is 0 Å². The topological polar surface area (TPSA) is 98.0 Å². The molecule has 0 saturated heterocycles. The number of carbonyl (C=O) groups excluding carboxylic acids is 1. The van der Waals surface area contributed by atoms with Crippen LogP contribution >= 0.6 is 11.6 Å². The maximum absolute atomic E-state index is 11.8. The number of rotatable bonds is 4. The second-order valence-corrected chi connectivity index (χ2v) is 5.27. The van der Waals surface area contributed by atoms with Crippen molar-refractivity contribution in [3.8, 4) is 11.1 Å². The first-order chi connectivity index (χ1) is 11.0. The minimum atomic E-state index is -1.03. The average Bonchev–Trinajstić information content (AvgIpc) is 2.85. The zero-order valence-corrected chi connectivity index (χ0v) is 12.8. The van der Waals surface area contributed by atoms with Gasteiger partial charge in [0, 0.05) is 30.3 Å². The number of carboxylic acid groups (broad SMARTS) is 1. The molecule has 2 aromatic heterocycles. The van der Waals surface area contributed by atoms with E-state index >= 15 is 0 Å². The quantitative estimate of drug-likeness (QED) is 0.582. The minimum Gasteiger partial charge on any atom is -0.480 e. The molecule has 23 heavy (non-hydrogen) atoms. The normalized spacial score (nSPS) is 10.9. The molecule has 1 N–H and O–H groups in total. The number of benzene rings is 1. The third-order valence-corrected chi connectivity index (χ3v) is 3.52. The van der Waals surface area contributed by atoms with E-state index in [0.717, 1.165) is 11.1 Å². The fourth-order valence-corrected chi connectivity index (χ4v) is 2.43. The number of aromatic nitrogens is 4. The molecule has 3 rings (SSSR count). The van der Waals surface area contributed by atoms with Gasteiger partial charge in [0.25, 0.3) is 0 Å². The Hall–Kier alpha value is -2.80. The Kier molecular flexibility index (Phi) is 3.79. The Labute approximate surface area is 135 Å². The van der Waals surface area contributed by atoms with Crippen molar-refractivity contribution >= 4 is 34.3 Å². The van der Waals surface area contributed by atoms with Crippen LogP contribution in [-0.4, -0.2) is 36.6 Å². The molecular weight excluding hydrogens is 320 g/mol. The zero-order chi connectivity index (χ0) is 16.6. The van der Waals surface area contributed by atoms with E-state index in [0.29, 0.717) is 10.9 Å². The van der Waals surface area contributed by atoms with Gasteiger partial charge in [0.2, 0.25) is 5.28 Å². The summed E-state index contributed by atoms with van der Waals surface area (Å²) < 4.78 is 1.30. The maximum Gasteiger partial charge on any atom is 0.325 e. The number of carboxylic acids is 1. The number of aliphatic carboxylic acids is 1. The van der Waals surface area contributed by atoms with Crippen molar-refractivity contribution < 1.29 is 14.7 Å². The predicted octanol–water partition coefficient (Wildman–Crippen LogP) is 2.43. The van der Waals surface area contributed by atoms with Crippen LogP contribution in [0.25, 0.3) is 22.0 Å². The number of hydrogen-bond donors (Lipinski definition) is 1. The SMILES string of the molecule is CC(=O)c1nn(CC(=O)O)c2ccc(-c3cnc(Cl)nc3)cc12. The van der Waals surface area contributed by atoms with Gasteiger partial charge in [0.15, 0.2) is 5.78 Å². The number of nitrogens with zero attached hydrogens (tertiary/aromatic N) is 4. The van der Waals surface area contributed by atoms with Crippen molar-refractivity contribution in [3.63, 3.8) is 0 Å². The van der Waals surface area contributed by atoms with E-state index in [9.17, 15) is 9.59 Å². The largest absolute Gasteiger partial charge is 0.480 e. The Bertz CT molecular complexity index is 918. The van der Waals surface area contributed by atoms with Crippen LogP contribution in [0.15, 0.2) is 30.6 Å². The Morgan fingerprint density at radius 1 is 1.22 bits per heavy atom. The van der Waals surface area contributed by atoms with E-state index < -0.39 is 5.97 Å². The lowest BCUT2D eigenvalue weighted by Gasteiger charge is -2.03. The van der Waals surface area contributed by atoms with Gasteiger partial charge in [-0.3, -0.25) is 14.3 Å². The summed E-state index contributed by atoms with van der Waals surface area (Å²) in [6.45, 7) is 1.08. The zero-order valence-electron chi connectivity index (χ0n) is 12.0. The molecule has 2 heterocycles. The van der Waals surface area contributed by atoms with Crippen molar-refractivity contribution in [1.29, 1.82) is 0 Å². The van der Waals surface area contributed by atoms with Gasteiger partial charge in [0.05, 0.1) is 5.52 Å². The molecule has 0 unspecified atom stereocenters. The molecule has 0 aliphatic rings. The molecule has 116 valence electrons. The molecule has 0 aliphatic heterocycles. The first kappa shape index (κ1) is 15.1. The number of ketones is 1. The van der Waals surface area contributed by atoms with Gasteiger partial charge in [0.1, 0.15) is 12.2 Å². The van der Waals surface area contributed by atoms with Crippen molar-refractivity contribution in [2.45, 2.75) is 13.5 Å². The van der Waals surface area contributed by atoms with Crippen molar-refractivity contribution in [2.24, 2.45) is 0 Å². The van der Waals surface area contributed by atoms with Gasteiger partial charge in [-0.05, 0) is 29.3 Å². The fraction of sp³-hybridized carbons (Fsp3) is 0.133. The Morgan fingerprint density at radius 3 is 2.52 bits per heavy atom. The molecule has 8 heteroatoms. The molecule has 3 aromatic rings. The van der Waals surface area contributed by atoms with Crippen LogP contribution in [-0.2, 0) is 11.3 Å². The van der Waals surface area contributed by atoms with Crippen LogP contribution in [0, 0.1) is 0 Å². The number of fused-ring (bicyclic) bond motifs is 1. The highest BCUT2D eigenvalue weighted by atomic mass is 35.5. The summed E-state index contributed by atoms with van der Waals surface area (Å²) in [5.74, 6) is -1.26. The van der Waals surface area contributed by atoms with Crippen molar-refractivity contribution in [2.75, 3.05) is 0 Å². The average molecular weight is 331 g/mol. The highest BCUT2D eigenvalue weighted by Gasteiger charge is 2.16. The van der Waals surface area contributed by atoms with Gasteiger partial charge in [-0.1, -0.05) is 6.07 Å². The van der Waals surface area contributed by atoms with Crippen LogP contribution in [0.5, 0.6) is 0 Å². The summed E-state index contributed by atoms with van der Waals surface area (Å²) >= 11 is 5.68. The third kappa shape index (κ3) is 2.91. The molecule has 0 spiro atoms. The maximum atomic E-state index is 11.8. The third-order valence-electron chi connectivity index (χ3n) is 3.32. The van der Waals surface area contributed by atoms with Crippen molar-refractivity contribution in [3.05, 3.63) is 41.6 Å². The molecular formula is C15H11ClN4O3. The lowest BCUT2D eigenvalue weighted by molar-refractivity contribution is -0.137. The highest BCUT2D eigenvalue weighted by molar-refractivity contribution is 6.28. The molecule has 0 saturated carbocycles. The molecule has 0 bridgehead atoms. The smallest absolute Gasteiger partial charge is 0.325 e. The molecule has 1 aromatic carbocycles. The number of carbonyl (C=O) groups is 2. The summed E-state index contributed by atoms with van der Waals surface area (Å²) in [5.41, 5.74) is 2.33. The molecule has 0 aliphatic carbocycles. The minimum absolute atomic E-state index is 0.147. The second kappa shape index (κ2) is 5.77. The summed E-state index contributed by atoms with van der Waals surface area (Å²) in [4.78, 5) is 30.6. The van der Waals surface area contributed by atoms with E-state index in [4.69, 9.17) is 16.7 Å². The van der Waals surface area contributed by atoms with Gasteiger partial charge in [-0.15, -0.1) is 0 Å². The second-order valence-electron chi connectivity index (χ2n) is 4.93.